The fourth-order valence-corrected chi connectivity index (χ4v) is 0. The van der Waals surface area contributed by atoms with Gasteiger partial charge in [0.2, 0.25) is 10.1 Å². The van der Waals surface area contributed by atoms with Crippen LogP contribution in [0, 0.1) is 6.92 Å². The van der Waals surface area contributed by atoms with Crippen molar-refractivity contribution in [1.82, 2.24) is 0 Å². The minimum absolute atomic E-state index is 0. The van der Waals surface area contributed by atoms with Gasteiger partial charge < -0.3 is 6.92 Å². The molecule has 0 amide bonds. The van der Waals surface area contributed by atoms with Gasteiger partial charge in [0.1, 0.15) is 0 Å². The van der Waals surface area contributed by atoms with Crippen molar-refractivity contribution in [1.29, 1.82) is 0 Å². The summed E-state index contributed by atoms with van der Waals surface area (Å²) in [6, 6.07) is 0. The topological polar surface area (TPSA) is 54.4 Å². The molecule has 0 aromatic carbocycles. The molecule has 0 unspecified atom stereocenters. The molecule has 0 aliphatic carbocycles. The Morgan fingerprint density at radius 2 is 1.71 bits per heavy atom. The molecule has 0 aliphatic rings. The summed E-state index contributed by atoms with van der Waals surface area (Å²) in [4.78, 5) is 0. The Bertz CT molecular complexity index is 115. The maximum absolute atomic E-state index is 9.49. The van der Waals surface area contributed by atoms with E-state index < -0.39 is 15.9 Å². The summed E-state index contributed by atoms with van der Waals surface area (Å²) in [7, 11) is -3.77. The molecule has 0 spiro atoms. The Kier molecular flexibility index (Phi) is 5.96. The van der Waals surface area contributed by atoms with Crippen LogP contribution >= 0.6 is 0 Å². The van der Waals surface area contributed by atoms with Gasteiger partial charge in [-0.1, -0.05) is 5.75 Å². The first-order chi connectivity index (χ1) is 2.56. The van der Waals surface area contributed by atoms with Crippen LogP contribution in [0.4, 0.5) is 0 Å². The van der Waals surface area contributed by atoms with E-state index >= 15 is 0 Å². The van der Waals surface area contributed by atoms with Gasteiger partial charge in [-0.2, -0.15) is 0 Å². The van der Waals surface area contributed by atoms with Crippen molar-refractivity contribution in [3.8, 4) is 0 Å². The minimum Gasteiger partial charge on any atom is -0.326 e. The first-order valence-corrected chi connectivity index (χ1v) is 2.91. The molecule has 0 atom stereocenters. The molecular formula is C2H5NaO3S. The maximum Gasteiger partial charge on any atom is 1.00 e. The molecule has 0 aromatic heterocycles. The van der Waals surface area contributed by atoms with Crippen LogP contribution in [-0.4, -0.2) is 18.7 Å². The van der Waals surface area contributed by atoms with Gasteiger partial charge in [0.05, 0.1) is 0 Å². The Morgan fingerprint density at radius 3 is 1.71 bits per heavy atom. The van der Waals surface area contributed by atoms with Crippen molar-refractivity contribution >= 4 is 10.1 Å². The zero-order valence-corrected chi connectivity index (χ0v) is 6.90. The van der Waals surface area contributed by atoms with Gasteiger partial charge in [0.15, 0.2) is 0 Å². The molecule has 5 heteroatoms. The fourth-order valence-electron chi connectivity index (χ4n) is 0. The van der Waals surface area contributed by atoms with E-state index in [1.807, 2.05) is 0 Å². The molecule has 0 heterocycles. The molecule has 1 N–H and O–H groups in total. The van der Waals surface area contributed by atoms with E-state index in [1.54, 1.807) is 0 Å². The average molecular weight is 132 g/mol. The van der Waals surface area contributed by atoms with Crippen LogP contribution in [0.1, 0.15) is 0 Å². The third-order valence-electron chi connectivity index (χ3n) is 0.258. The molecule has 0 radical (unpaired) electrons. The van der Waals surface area contributed by atoms with Gasteiger partial charge in [0.25, 0.3) is 0 Å². The number of hydrogen-bond acceptors (Lipinski definition) is 2. The van der Waals surface area contributed by atoms with Crippen molar-refractivity contribution in [2.45, 2.75) is 0 Å². The van der Waals surface area contributed by atoms with Gasteiger partial charge in [-0.05, 0) is 0 Å². The summed E-state index contributed by atoms with van der Waals surface area (Å²) in [5.41, 5.74) is 0. The van der Waals surface area contributed by atoms with Crippen LogP contribution in [0.15, 0.2) is 0 Å². The van der Waals surface area contributed by atoms with Gasteiger partial charge in [-0.3, -0.25) is 4.55 Å². The number of rotatable bonds is 1. The van der Waals surface area contributed by atoms with E-state index in [-0.39, 0.29) is 29.6 Å². The monoisotopic (exact) mass is 132 g/mol. The van der Waals surface area contributed by atoms with Gasteiger partial charge in [-0.25, -0.2) is 8.42 Å². The first kappa shape index (κ1) is 10.8. The van der Waals surface area contributed by atoms with E-state index in [4.69, 9.17) is 4.55 Å². The van der Waals surface area contributed by atoms with Crippen molar-refractivity contribution in [3.63, 3.8) is 0 Å². The predicted octanol–water partition coefficient (Wildman–Crippen LogP) is -3.29. The Labute approximate surface area is 65.1 Å². The molecule has 0 saturated carbocycles. The summed E-state index contributed by atoms with van der Waals surface area (Å²) in [5, 5.41) is 0. The van der Waals surface area contributed by atoms with Crippen molar-refractivity contribution < 1.29 is 42.5 Å². The first-order valence-electron chi connectivity index (χ1n) is 1.30. The summed E-state index contributed by atoms with van der Waals surface area (Å²) in [6.07, 6.45) is 0. The third-order valence-corrected chi connectivity index (χ3v) is 0.774. The third kappa shape index (κ3) is 10.9. The van der Waals surface area contributed by atoms with Crippen molar-refractivity contribution in [3.05, 3.63) is 6.92 Å². The largest absolute Gasteiger partial charge is 1.00 e. The molecule has 38 valence electrons. The maximum atomic E-state index is 9.49. The van der Waals surface area contributed by atoms with Crippen molar-refractivity contribution in [2.24, 2.45) is 0 Å². The van der Waals surface area contributed by atoms with Crippen LogP contribution in [-0.2, 0) is 10.1 Å². The standard InChI is InChI=1S/C2H5O3S.Na/c1-2-6(3,4)5;/h1-2H2,(H,3,4,5);/q-1;+1. The molecule has 0 aromatic rings. The Morgan fingerprint density at radius 1 is 1.57 bits per heavy atom. The van der Waals surface area contributed by atoms with E-state index in [0.29, 0.717) is 0 Å². The van der Waals surface area contributed by atoms with Crippen LogP contribution in [0.25, 0.3) is 0 Å². The van der Waals surface area contributed by atoms with E-state index in [9.17, 15) is 8.42 Å². The molecule has 0 bridgehead atoms. The smallest absolute Gasteiger partial charge is 0.326 e. The molecular weight excluding hydrogens is 127 g/mol. The summed E-state index contributed by atoms with van der Waals surface area (Å²) < 4.78 is 26.7. The Balaban J connectivity index is 0. The van der Waals surface area contributed by atoms with Crippen LogP contribution in [0.2, 0.25) is 0 Å². The van der Waals surface area contributed by atoms with E-state index in [2.05, 4.69) is 6.92 Å². The quantitative estimate of drug-likeness (QED) is 0.231. The minimum atomic E-state index is -3.77. The van der Waals surface area contributed by atoms with Crippen LogP contribution in [0.5, 0.6) is 0 Å². The molecule has 3 nitrogen and oxygen atoms in total. The molecule has 0 rings (SSSR count). The summed E-state index contributed by atoms with van der Waals surface area (Å²) in [5.74, 6) is -0.451. The number of hydrogen-bond donors (Lipinski definition) is 1. The molecule has 7 heavy (non-hydrogen) atoms. The van der Waals surface area contributed by atoms with Gasteiger partial charge in [-0.15, -0.1) is 0 Å². The zero-order valence-electron chi connectivity index (χ0n) is 4.09. The summed E-state index contributed by atoms with van der Waals surface area (Å²) >= 11 is 0. The SMILES string of the molecule is [CH2-]CS(=O)(=O)O.[Na+]. The molecule has 0 fully saturated rings. The van der Waals surface area contributed by atoms with E-state index in [1.165, 1.54) is 0 Å². The predicted molar refractivity (Wildman–Crippen MR) is 21.8 cm³/mol. The molecule has 0 saturated heterocycles. The second kappa shape index (κ2) is 3.86. The second-order valence-electron chi connectivity index (χ2n) is 0.786. The average Bonchev–Trinajstić information content (AvgIpc) is 1.35. The van der Waals surface area contributed by atoms with Gasteiger partial charge >= 0.3 is 29.6 Å². The normalized spacial score (nSPS) is 10.0. The zero-order chi connectivity index (χ0) is 5.21. The Hall–Kier alpha value is 0.910. The summed E-state index contributed by atoms with van der Waals surface area (Å²) in [6.45, 7) is 2.92. The second-order valence-corrected chi connectivity index (χ2v) is 2.36. The van der Waals surface area contributed by atoms with Crippen LogP contribution in [0.3, 0.4) is 0 Å². The van der Waals surface area contributed by atoms with E-state index in [0.717, 1.165) is 0 Å². The van der Waals surface area contributed by atoms with Gasteiger partial charge in [0, 0.05) is 0 Å². The fraction of sp³-hybridized carbons (Fsp3) is 0.500. The molecule has 0 aliphatic heterocycles. The van der Waals surface area contributed by atoms with Crippen LogP contribution < -0.4 is 29.6 Å². The van der Waals surface area contributed by atoms with Crippen molar-refractivity contribution in [2.75, 3.05) is 5.75 Å².